The van der Waals surface area contributed by atoms with E-state index < -0.39 is 0 Å². The zero-order valence-corrected chi connectivity index (χ0v) is 8.66. The predicted octanol–water partition coefficient (Wildman–Crippen LogP) is 2.30. The van der Waals surface area contributed by atoms with E-state index in [0.29, 0.717) is 0 Å². The molecular weight excluding hydrogens is 224 g/mol. The lowest BCUT2D eigenvalue weighted by Crippen LogP contribution is -1.86. The van der Waals surface area contributed by atoms with Gasteiger partial charge in [-0.3, -0.25) is 0 Å². The maximum Gasteiger partial charge on any atom is 0.210 e. The molecule has 5 nitrogen and oxygen atoms in total. The van der Waals surface area contributed by atoms with Crippen LogP contribution >= 0.6 is 0 Å². The van der Waals surface area contributed by atoms with Gasteiger partial charge in [-0.1, -0.05) is 6.07 Å². The van der Waals surface area contributed by atoms with E-state index >= 15 is 0 Å². The summed E-state index contributed by atoms with van der Waals surface area (Å²) in [6.07, 6.45) is 0. The molecule has 0 bridgehead atoms. The van der Waals surface area contributed by atoms with E-state index in [0.717, 1.165) is 6.07 Å². The van der Waals surface area contributed by atoms with Crippen LogP contribution in [0.3, 0.4) is 0 Å². The van der Waals surface area contributed by atoms with E-state index in [-0.39, 0.29) is 34.5 Å². The van der Waals surface area contributed by atoms with E-state index in [9.17, 15) is 15.3 Å². The number of ether oxygens (including phenoxy) is 1. The molecule has 88 valence electrons. The number of aromatic hydroxyl groups is 4. The quantitative estimate of drug-likeness (QED) is 0.640. The Labute approximate surface area is 96.8 Å². The fourth-order valence-corrected chi connectivity index (χ4v) is 1.32. The molecule has 0 heterocycles. The SMILES string of the molecule is Oc1ccc(Oc2c(O)cccc2O)c(O)c1. The summed E-state index contributed by atoms with van der Waals surface area (Å²) in [5, 5.41) is 37.5. The van der Waals surface area contributed by atoms with Crippen molar-refractivity contribution in [3.8, 4) is 34.5 Å². The number of phenolic OH excluding ortho intramolecular Hbond substituents is 4. The summed E-state index contributed by atoms with van der Waals surface area (Å²) in [5.41, 5.74) is 0. The largest absolute Gasteiger partial charge is 0.508 e. The third kappa shape index (κ3) is 2.17. The highest BCUT2D eigenvalue weighted by molar-refractivity contribution is 5.54. The molecule has 0 fully saturated rings. The molecule has 0 aliphatic rings. The van der Waals surface area contributed by atoms with Gasteiger partial charge in [0.1, 0.15) is 5.75 Å². The first-order valence-corrected chi connectivity index (χ1v) is 4.78. The topological polar surface area (TPSA) is 90.2 Å². The summed E-state index contributed by atoms with van der Waals surface area (Å²) in [6.45, 7) is 0. The lowest BCUT2D eigenvalue weighted by molar-refractivity contribution is 0.358. The fraction of sp³-hybridized carbons (Fsp3) is 0. The first-order valence-electron chi connectivity index (χ1n) is 4.78. The summed E-state index contributed by atoms with van der Waals surface area (Å²) in [4.78, 5) is 0. The van der Waals surface area contributed by atoms with E-state index in [1.54, 1.807) is 0 Å². The van der Waals surface area contributed by atoms with Gasteiger partial charge in [0.25, 0.3) is 0 Å². The van der Waals surface area contributed by atoms with E-state index in [1.165, 1.54) is 30.3 Å². The summed E-state index contributed by atoms with van der Waals surface area (Å²) in [5.74, 6) is -1.06. The van der Waals surface area contributed by atoms with E-state index in [1.807, 2.05) is 0 Å². The second-order valence-corrected chi connectivity index (χ2v) is 3.38. The lowest BCUT2D eigenvalue weighted by atomic mass is 10.2. The Bertz CT molecular complexity index is 530. The Hall–Kier alpha value is -2.56. The number of phenols is 4. The van der Waals surface area contributed by atoms with Crippen molar-refractivity contribution in [2.24, 2.45) is 0 Å². The molecule has 2 rings (SSSR count). The van der Waals surface area contributed by atoms with Crippen molar-refractivity contribution in [1.29, 1.82) is 0 Å². The minimum atomic E-state index is -0.298. The molecule has 0 radical (unpaired) electrons. The molecule has 2 aromatic rings. The van der Waals surface area contributed by atoms with Gasteiger partial charge in [0.2, 0.25) is 5.75 Å². The second-order valence-electron chi connectivity index (χ2n) is 3.38. The smallest absolute Gasteiger partial charge is 0.210 e. The Morgan fingerprint density at radius 1 is 0.765 bits per heavy atom. The summed E-state index contributed by atoms with van der Waals surface area (Å²) in [6, 6.07) is 7.85. The first-order chi connectivity index (χ1) is 8.08. The number of para-hydroxylation sites is 1. The van der Waals surface area contributed by atoms with Crippen LogP contribution in [-0.4, -0.2) is 20.4 Å². The molecule has 2 aromatic carbocycles. The molecule has 0 saturated heterocycles. The van der Waals surface area contributed by atoms with Gasteiger partial charge in [0.05, 0.1) is 0 Å². The zero-order valence-electron chi connectivity index (χ0n) is 8.66. The van der Waals surface area contributed by atoms with Crippen molar-refractivity contribution >= 4 is 0 Å². The minimum absolute atomic E-state index is 0.0135. The highest BCUT2D eigenvalue weighted by atomic mass is 16.5. The number of rotatable bonds is 2. The molecular formula is C12H10O5. The standard InChI is InChI=1S/C12H10O5/c13-7-4-5-11(10(16)6-7)17-12-8(14)2-1-3-9(12)15/h1-6,13-16H. The van der Waals surface area contributed by atoms with Crippen LogP contribution in [0.4, 0.5) is 0 Å². The molecule has 17 heavy (non-hydrogen) atoms. The van der Waals surface area contributed by atoms with Gasteiger partial charge in [-0.2, -0.15) is 0 Å². The van der Waals surface area contributed by atoms with Crippen molar-refractivity contribution in [3.63, 3.8) is 0 Å². The zero-order chi connectivity index (χ0) is 12.4. The van der Waals surface area contributed by atoms with Gasteiger partial charge < -0.3 is 25.2 Å². The van der Waals surface area contributed by atoms with Gasteiger partial charge in [-0.15, -0.1) is 0 Å². The van der Waals surface area contributed by atoms with Crippen LogP contribution in [0.25, 0.3) is 0 Å². The van der Waals surface area contributed by atoms with Crippen molar-refractivity contribution < 1.29 is 25.2 Å². The average Bonchev–Trinajstić information content (AvgIpc) is 2.26. The van der Waals surface area contributed by atoms with Crippen molar-refractivity contribution in [2.75, 3.05) is 0 Å². The van der Waals surface area contributed by atoms with Gasteiger partial charge in [0.15, 0.2) is 23.0 Å². The van der Waals surface area contributed by atoms with Crippen LogP contribution in [0.15, 0.2) is 36.4 Å². The molecule has 0 aliphatic heterocycles. The molecule has 0 aromatic heterocycles. The maximum absolute atomic E-state index is 9.49. The Balaban J connectivity index is 2.38. The van der Waals surface area contributed by atoms with Gasteiger partial charge in [0, 0.05) is 6.07 Å². The van der Waals surface area contributed by atoms with Crippen molar-refractivity contribution in [1.82, 2.24) is 0 Å². The molecule has 0 unspecified atom stereocenters. The highest BCUT2D eigenvalue weighted by Gasteiger charge is 2.12. The number of hydrogen-bond acceptors (Lipinski definition) is 5. The number of benzene rings is 2. The molecule has 0 aliphatic carbocycles. The van der Waals surface area contributed by atoms with Crippen molar-refractivity contribution in [3.05, 3.63) is 36.4 Å². The molecule has 0 amide bonds. The molecule has 4 N–H and O–H groups in total. The summed E-state index contributed by atoms with van der Waals surface area (Å²) in [7, 11) is 0. The second kappa shape index (κ2) is 4.13. The normalized spacial score (nSPS) is 10.1. The van der Waals surface area contributed by atoms with Gasteiger partial charge in [-0.25, -0.2) is 0 Å². The Morgan fingerprint density at radius 3 is 2.00 bits per heavy atom. The van der Waals surface area contributed by atoms with Crippen LogP contribution in [0, 0.1) is 0 Å². The average molecular weight is 234 g/mol. The highest BCUT2D eigenvalue weighted by Crippen LogP contribution is 2.41. The van der Waals surface area contributed by atoms with Crippen LogP contribution in [0.2, 0.25) is 0 Å². The first kappa shape index (κ1) is 10.9. The van der Waals surface area contributed by atoms with Gasteiger partial charge >= 0.3 is 0 Å². The molecule has 0 spiro atoms. The monoisotopic (exact) mass is 234 g/mol. The van der Waals surface area contributed by atoms with E-state index in [2.05, 4.69) is 0 Å². The summed E-state index contributed by atoms with van der Waals surface area (Å²) < 4.78 is 5.16. The molecule has 0 saturated carbocycles. The summed E-state index contributed by atoms with van der Waals surface area (Å²) >= 11 is 0. The fourth-order valence-electron chi connectivity index (χ4n) is 1.32. The van der Waals surface area contributed by atoms with Crippen LogP contribution in [0.1, 0.15) is 0 Å². The maximum atomic E-state index is 9.49. The third-order valence-electron chi connectivity index (χ3n) is 2.13. The molecule has 0 atom stereocenters. The van der Waals surface area contributed by atoms with E-state index in [4.69, 9.17) is 9.84 Å². The lowest BCUT2D eigenvalue weighted by Gasteiger charge is -2.10. The van der Waals surface area contributed by atoms with Crippen molar-refractivity contribution in [2.45, 2.75) is 0 Å². The number of hydrogen-bond donors (Lipinski definition) is 4. The third-order valence-corrected chi connectivity index (χ3v) is 2.13. The van der Waals surface area contributed by atoms with Crippen LogP contribution < -0.4 is 4.74 Å². The van der Waals surface area contributed by atoms with Crippen LogP contribution in [-0.2, 0) is 0 Å². The Morgan fingerprint density at radius 2 is 1.41 bits per heavy atom. The molecule has 5 heteroatoms. The van der Waals surface area contributed by atoms with Crippen LogP contribution in [0.5, 0.6) is 34.5 Å². The minimum Gasteiger partial charge on any atom is -0.508 e. The Kier molecular flexibility index (Phi) is 2.66. The van der Waals surface area contributed by atoms with Gasteiger partial charge in [-0.05, 0) is 24.3 Å². The predicted molar refractivity (Wildman–Crippen MR) is 59.6 cm³/mol.